The van der Waals surface area contributed by atoms with Crippen molar-refractivity contribution >= 4 is 27.6 Å². The molecule has 9 heteroatoms. The van der Waals surface area contributed by atoms with Crippen molar-refractivity contribution in [3.05, 3.63) is 30.1 Å². The van der Waals surface area contributed by atoms with Gasteiger partial charge in [-0.1, -0.05) is 32.9 Å². The van der Waals surface area contributed by atoms with Crippen LogP contribution in [0.1, 0.15) is 45.4 Å². The van der Waals surface area contributed by atoms with E-state index in [2.05, 4.69) is 15.0 Å². The van der Waals surface area contributed by atoms with Gasteiger partial charge in [-0.05, 0) is 30.4 Å². The number of rotatable bonds is 2. The van der Waals surface area contributed by atoms with Gasteiger partial charge >= 0.3 is 6.09 Å². The number of amides is 1. The first-order valence-electron chi connectivity index (χ1n) is 9.80. The summed E-state index contributed by atoms with van der Waals surface area (Å²) in [7, 11) is 0. The first-order chi connectivity index (χ1) is 14.1. The molecule has 158 valence electrons. The number of benzene rings is 1. The van der Waals surface area contributed by atoms with Gasteiger partial charge in [0.25, 0.3) is 0 Å². The van der Waals surface area contributed by atoms with Crippen LogP contribution in [0.4, 0.5) is 4.79 Å². The lowest BCUT2D eigenvalue weighted by atomic mass is 9.77. The maximum Gasteiger partial charge on any atom is 0.407 e. The second-order valence-electron chi connectivity index (χ2n) is 8.67. The van der Waals surface area contributed by atoms with Crippen molar-refractivity contribution in [2.24, 2.45) is 5.41 Å². The average Bonchev–Trinajstić information content (AvgIpc) is 3.09. The third kappa shape index (κ3) is 3.65. The van der Waals surface area contributed by atoms with Gasteiger partial charge in [0.1, 0.15) is 16.4 Å². The molecule has 3 N–H and O–H groups in total. The molecule has 0 bridgehead atoms. The van der Waals surface area contributed by atoms with Gasteiger partial charge in [0.05, 0.1) is 10.2 Å². The summed E-state index contributed by atoms with van der Waals surface area (Å²) in [6.45, 7) is 6.36. The van der Waals surface area contributed by atoms with E-state index in [1.807, 2.05) is 45.0 Å². The minimum Gasteiger partial charge on any atom is -0.493 e. The predicted octanol–water partition coefficient (Wildman–Crippen LogP) is 4.44. The van der Waals surface area contributed by atoms with Crippen LogP contribution in [0.3, 0.4) is 0 Å². The van der Waals surface area contributed by atoms with E-state index in [0.29, 0.717) is 30.2 Å². The van der Waals surface area contributed by atoms with E-state index in [4.69, 9.17) is 0 Å². The third-order valence-electron chi connectivity index (χ3n) is 5.61. The van der Waals surface area contributed by atoms with E-state index in [1.165, 1.54) is 16.2 Å². The molecule has 3 heterocycles. The summed E-state index contributed by atoms with van der Waals surface area (Å²) < 4.78 is 0.935. The highest BCUT2D eigenvalue weighted by molar-refractivity contribution is 7.21. The molecule has 0 spiro atoms. The molecule has 8 nitrogen and oxygen atoms in total. The molecular formula is C21H24N4O4S. The Morgan fingerprint density at radius 3 is 2.40 bits per heavy atom. The fourth-order valence-corrected chi connectivity index (χ4v) is 5.06. The van der Waals surface area contributed by atoms with Gasteiger partial charge in [-0.15, -0.1) is 11.3 Å². The Labute approximate surface area is 177 Å². The highest BCUT2D eigenvalue weighted by Crippen LogP contribution is 2.42. The van der Waals surface area contributed by atoms with Crippen molar-refractivity contribution in [1.29, 1.82) is 0 Å². The van der Waals surface area contributed by atoms with Crippen LogP contribution in [0, 0.1) is 5.41 Å². The number of hydrogen-bond acceptors (Lipinski definition) is 7. The molecule has 2 atom stereocenters. The zero-order valence-corrected chi connectivity index (χ0v) is 17.8. The quantitative estimate of drug-likeness (QED) is 0.552. The van der Waals surface area contributed by atoms with Gasteiger partial charge in [-0.2, -0.15) is 9.97 Å². The van der Waals surface area contributed by atoms with Crippen LogP contribution in [0.2, 0.25) is 0 Å². The lowest BCUT2D eigenvalue weighted by Gasteiger charge is -2.44. The molecule has 0 saturated carbocycles. The van der Waals surface area contributed by atoms with Crippen LogP contribution in [-0.4, -0.2) is 53.9 Å². The number of aromatic hydroxyl groups is 2. The maximum absolute atomic E-state index is 11.6. The topological polar surface area (TPSA) is 120 Å². The van der Waals surface area contributed by atoms with Gasteiger partial charge in [-0.3, -0.25) is 0 Å². The molecule has 0 radical (unpaired) electrons. The Bertz CT molecular complexity index is 1050. The van der Waals surface area contributed by atoms with Gasteiger partial charge in [0, 0.05) is 18.5 Å². The summed E-state index contributed by atoms with van der Waals surface area (Å²) in [4.78, 5) is 26.1. The number of piperidine rings is 1. The van der Waals surface area contributed by atoms with E-state index in [9.17, 15) is 20.1 Å². The molecule has 1 aromatic carbocycles. The van der Waals surface area contributed by atoms with Crippen LogP contribution in [0.5, 0.6) is 11.8 Å². The number of fused-ring (bicyclic) bond motifs is 1. The second-order valence-corrected chi connectivity index (χ2v) is 9.70. The molecule has 2 unspecified atom stereocenters. The van der Waals surface area contributed by atoms with Crippen molar-refractivity contribution in [3.63, 3.8) is 0 Å². The first-order valence-corrected chi connectivity index (χ1v) is 10.6. The number of hydrogen-bond donors (Lipinski definition) is 3. The van der Waals surface area contributed by atoms with Crippen LogP contribution >= 0.6 is 11.3 Å². The zero-order chi connectivity index (χ0) is 21.6. The number of thiazole rings is 1. The van der Waals surface area contributed by atoms with E-state index < -0.39 is 6.09 Å². The molecule has 1 aliphatic rings. The van der Waals surface area contributed by atoms with Crippen LogP contribution in [0.25, 0.3) is 20.8 Å². The minimum atomic E-state index is -0.939. The molecular weight excluding hydrogens is 404 g/mol. The summed E-state index contributed by atoms with van der Waals surface area (Å²) >= 11 is 1.34. The predicted molar refractivity (Wildman–Crippen MR) is 114 cm³/mol. The number of para-hydroxylation sites is 1. The summed E-state index contributed by atoms with van der Waals surface area (Å²) in [6.07, 6.45) is 0.110. The lowest BCUT2D eigenvalue weighted by molar-refractivity contribution is 0.0514. The van der Waals surface area contributed by atoms with E-state index in [0.717, 1.165) is 10.2 Å². The fraction of sp³-hybridized carbons (Fsp3) is 0.429. The highest BCUT2D eigenvalue weighted by atomic mass is 32.1. The number of carbonyl (C=O) groups is 1. The maximum atomic E-state index is 11.6. The lowest BCUT2D eigenvalue weighted by Crippen LogP contribution is -2.51. The molecule has 3 aromatic rings. The van der Waals surface area contributed by atoms with E-state index >= 15 is 0 Å². The Kier molecular flexibility index (Phi) is 5.01. The molecule has 1 aliphatic heterocycles. The minimum absolute atomic E-state index is 0.121. The normalized spacial score (nSPS) is 19.9. The summed E-state index contributed by atoms with van der Waals surface area (Å²) in [5.41, 5.74) is 0.631. The van der Waals surface area contributed by atoms with Gasteiger partial charge in [0.15, 0.2) is 0 Å². The molecule has 1 fully saturated rings. The summed E-state index contributed by atoms with van der Waals surface area (Å²) in [5.74, 6) is -0.464. The SMILES string of the molecule is CC(C)(C)C1CC(c2nc(O)c(-c3nc4ccccc4s3)c(O)n2)CCN1C(=O)O. The number of aromatic nitrogens is 3. The Hall–Kier alpha value is -2.94. The van der Waals surface area contributed by atoms with E-state index in [1.54, 1.807) is 0 Å². The number of nitrogens with zero attached hydrogens (tertiary/aromatic N) is 4. The molecule has 4 rings (SSSR count). The average molecular weight is 429 g/mol. The Balaban J connectivity index is 1.67. The second kappa shape index (κ2) is 7.39. The van der Waals surface area contributed by atoms with Crippen molar-refractivity contribution in [2.45, 2.75) is 45.6 Å². The zero-order valence-electron chi connectivity index (χ0n) is 17.0. The Morgan fingerprint density at radius 2 is 1.80 bits per heavy atom. The van der Waals surface area contributed by atoms with Crippen LogP contribution in [0.15, 0.2) is 24.3 Å². The van der Waals surface area contributed by atoms with Crippen molar-refractivity contribution in [3.8, 4) is 22.3 Å². The molecule has 0 aliphatic carbocycles. The molecule has 2 aromatic heterocycles. The highest BCUT2D eigenvalue weighted by Gasteiger charge is 2.40. The van der Waals surface area contributed by atoms with Crippen LogP contribution in [-0.2, 0) is 0 Å². The monoisotopic (exact) mass is 428 g/mol. The summed E-state index contributed by atoms with van der Waals surface area (Å²) in [6, 6.07) is 7.34. The molecule has 30 heavy (non-hydrogen) atoms. The van der Waals surface area contributed by atoms with Crippen molar-refractivity contribution in [2.75, 3.05) is 6.54 Å². The number of likely N-dealkylation sites (tertiary alicyclic amines) is 1. The molecule has 1 saturated heterocycles. The van der Waals surface area contributed by atoms with Crippen LogP contribution < -0.4 is 0 Å². The van der Waals surface area contributed by atoms with Crippen molar-refractivity contribution < 1.29 is 20.1 Å². The van der Waals surface area contributed by atoms with E-state index in [-0.39, 0.29) is 34.7 Å². The number of carboxylic acid groups (broad SMARTS) is 1. The van der Waals surface area contributed by atoms with Crippen molar-refractivity contribution in [1.82, 2.24) is 19.9 Å². The standard InChI is InChI=1S/C21H24N4O4S/c1-21(2,3)14-10-11(8-9-25(14)20(28)29)16-23-17(26)15(18(27)24-16)19-22-12-6-4-5-7-13(12)30-19/h4-7,11,14H,8-10H2,1-3H3,(H,28,29)(H2,23,24,26,27). The fourth-order valence-electron chi connectivity index (χ4n) is 4.06. The summed E-state index contributed by atoms with van der Waals surface area (Å²) in [5, 5.41) is 31.2. The first kappa shape index (κ1) is 20.3. The van der Waals surface area contributed by atoms with Gasteiger partial charge < -0.3 is 20.2 Å². The smallest absolute Gasteiger partial charge is 0.407 e. The third-order valence-corrected chi connectivity index (χ3v) is 6.66. The molecule has 1 amide bonds. The van der Waals surface area contributed by atoms with Gasteiger partial charge in [0.2, 0.25) is 11.8 Å². The van der Waals surface area contributed by atoms with Gasteiger partial charge in [-0.25, -0.2) is 9.78 Å². The Morgan fingerprint density at radius 1 is 1.13 bits per heavy atom. The largest absolute Gasteiger partial charge is 0.493 e.